The number of aliphatic hydroxyl groups excluding tert-OH is 1. The molecule has 0 spiro atoms. The number of nitrogens with one attached hydrogen (secondary N) is 1. The summed E-state index contributed by atoms with van der Waals surface area (Å²) in [7, 11) is 1.00. The molecule has 0 aromatic heterocycles. The molecule has 0 fully saturated rings. The molecule has 0 aliphatic heterocycles. The zero-order valence-electron chi connectivity index (χ0n) is 22.4. The van der Waals surface area contributed by atoms with Gasteiger partial charge < -0.3 is 21.0 Å². The summed E-state index contributed by atoms with van der Waals surface area (Å²) in [5.41, 5.74) is 11.2. The first kappa shape index (κ1) is 36.2. The van der Waals surface area contributed by atoms with Crippen molar-refractivity contribution < 1.29 is 9.90 Å². The molecule has 0 aromatic rings. The van der Waals surface area contributed by atoms with E-state index in [1.807, 2.05) is 13.8 Å². The lowest BCUT2D eigenvalue weighted by molar-refractivity contribution is -0.108. The summed E-state index contributed by atoms with van der Waals surface area (Å²) in [5, 5.41) is 9.96. The van der Waals surface area contributed by atoms with Crippen molar-refractivity contribution in [1.29, 1.82) is 0 Å². The van der Waals surface area contributed by atoms with Gasteiger partial charge in [0.2, 0.25) is 0 Å². The van der Waals surface area contributed by atoms with Crippen molar-refractivity contribution >= 4 is 35.4 Å². The van der Waals surface area contributed by atoms with E-state index in [0.29, 0.717) is 5.75 Å². The molecule has 0 saturated heterocycles. The van der Waals surface area contributed by atoms with Crippen LogP contribution in [0.25, 0.3) is 0 Å². The first-order chi connectivity index (χ1) is 15.7. The lowest BCUT2D eigenvalue weighted by Crippen LogP contribution is -2.40. The fourth-order valence-corrected chi connectivity index (χ4v) is 3.79. The normalized spacial score (nSPS) is 12.5. The minimum absolute atomic E-state index is 0.172. The molecule has 0 bridgehead atoms. The summed E-state index contributed by atoms with van der Waals surface area (Å²) in [6.45, 7) is 15.0. The van der Waals surface area contributed by atoms with Crippen LogP contribution in [0.15, 0.2) is 46.6 Å². The smallest absolute Gasteiger partial charge is 0.164 e. The maximum Gasteiger partial charge on any atom is 0.164 e. The van der Waals surface area contributed by atoms with E-state index in [1.165, 1.54) is 28.7 Å². The molecule has 4 nitrogen and oxygen atoms in total. The van der Waals surface area contributed by atoms with E-state index in [-0.39, 0.29) is 11.2 Å². The van der Waals surface area contributed by atoms with Crippen molar-refractivity contribution in [3.05, 3.63) is 46.6 Å². The molecule has 0 aliphatic carbocycles. The Bertz CT molecular complexity index is 620. The summed E-state index contributed by atoms with van der Waals surface area (Å²) in [6.07, 6.45) is 16.9. The third-order valence-corrected chi connectivity index (χ3v) is 5.61. The van der Waals surface area contributed by atoms with Crippen molar-refractivity contribution in [2.75, 3.05) is 18.6 Å². The number of thiocarbonyl (C=S) groups is 1. The molecule has 4 N–H and O–H groups in total. The number of hydrogen-bond donors (Lipinski definition) is 3. The monoisotopic (exact) mass is 498 g/mol. The number of nitrogens with two attached hydrogens (primary N) is 1. The van der Waals surface area contributed by atoms with Crippen LogP contribution in [0, 0.1) is 0 Å². The van der Waals surface area contributed by atoms with Crippen LogP contribution < -0.4 is 11.1 Å². The third-order valence-electron chi connectivity index (χ3n) is 4.49. The molecule has 0 aromatic carbocycles. The van der Waals surface area contributed by atoms with Gasteiger partial charge in [0.05, 0.1) is 6.04 Å². The highest BCUT2D eigenvalue weighted by atomic mass is 32.2. The van der Waals surface area contributed by atoms with E-state index < -0.39 is 0 Å². The molecule has 0 aliphatic rings. The minimum Gasteiger partial charge on any atom is -0.400 e. The number of thioether (sulfide) groups is 1. The Balaban J connectivity index is -0.00000212. The maximum atomic E-state index is 10.9. The second-order valence-electron chi connectivity index (χ2n) is 7.84. The molecule has 0 rings (SSSR count). The summed E-state index contributed by atoms with van der Waals surface area (Å²) >= 11 is 6.47. The topological polar surface area (TPSA) is 75.4 Å². The Kier molecular flexibility index (Phi) is 29.5. The van der Waals surface area contributed by atoms with Crippen molar-refractivity contribution in [2.24, 2.45) is 5.73 Å². The minimum atomic E-state index is -0.304. The predicted molar refractivity (Wildman–Crippen MR) is 155 cm³/mol. The van der Waals surface area contributed by atoms with E-state index in [1.54, 1.807) is 11.8 Å². The standard InChI is InChI=1S/C24H40N2OS2.C2H6.CH4O/c1-19(2)9-6-10-20(3)11-7-12-21(4)13-8-14-22(5)15-16-29-18-23(17-27)26-24(25)28;2*1-2/h9,11,13,15,17,23H,6-8,10,12,14,16,18H2,1-5H3,(H3,25,26,28);1-2H3;2H,1H3/b20-11+,21-13+,22-15+;;. The molecule has 33 heavy (non-hydrogen) atoms. The van der Waals surface area contributed by atoms with E-state index in [4.69, 9.17) is 23.1 Å². The van der Waals surface area contributed by atoms with Gasteiger partial charge in [0, 0.05) is 18.6 Å². The molecule has 6 heteroatoms. The quantitative estimate of drug-likeness (QED) is 0.0986. The average Bonchev–Trinajstić information content (AvgIpc) is 2.78. The van der Waals surface area contributed by atoms with E-state index >= 15 is 0 Å². The van der Waals surface area contributed by atoms with Gasteiger partial charge in [-0.1, -0.05) is 60.4 Å². The molecule has 0 saturated carbocycles. The number of aliphatic hydroxyl groups is 1. The van der Waals surface area contributed by atoms with Crippen LogP contribution in [0.5, 0.6) is 0 Å². The lowest BCUT2D eigenvalue weighted by Gasteiger charge is -2.11. The highest BCUT2D eigenvalue weighted by molar-refractivity contribution is 7.99. The molecular weight excluding hydrogens is 448 g/mol. The van der Waals surface area contributed by atoms with Crippen molar-refractivity contribution in [3.8, 4) is 0 Å². The Labute approximate surface area is 214 Å². The molecule has 0 heterocycles. The van der Waals surface area contributed by atoms with Crippen LogP contribution in [-0.4, -0.2) is 41.2 Å². The second-order valence-corrected chi connectivity index (χ2v) is 9.35. The Morgan fingerprint density at radius 1 is 0.879 bits per heavy atom. The summed E-state index contributed by atoms with van der Waals surface area (Å²) < 4.78 is 0. The Hall–Kier alpha value is -1.37. The molecular formula is C27H50N2O2S2. The highest BCUT2D eigenvalue weighted by Gasteiger charge is 2.06. The molecule has 1 unspecified atom stereocenters. The lowest BCUT2D eigenvalue weighted by atomic mass is 10.0. The maximum absolute atomic E-state index is 10.9. The number of carbonyl (C=O) groups excluding carboxylic acids is 1. The number of carbonyl (C=O) groups is 1. The van der Waals surface area contributed by atoms with Gasteiger partial charge in [-0.15, -0.1) is 0 Å². The number of allylic oxidation sites excluding steroid dienone is 7. The Morgan fingerprint density at radius 3 is 1.70 bits per heavy atom. The van der Waals surface area contributed by atoms with Gasteiger partial charge in [0.1, 0.15) is 6.29 Å². The van der Waals surface area contributed by atoms with E-state index in [0.717, 1.165) is 51.3 Å². The highest BCUT2D eigenvalue weighted by Crippen LogP contribution is 2.14. The van der Waals surface area contributed by atoms with Gasteiger partial charge in [-0.3, -0.25) is 0 Å². The Morgan fingerprint density at radius 2 is 1.30 bits per heavy atom. The van der Waals surface area contributed by atoms with Crippen LogP contribution in [0.2, 0.25) is 0 Å². The van der Waals surface area contributed by atoms with Crippen LogP contribution >= 0.6 is 24.0 Å². The number of hydrogen-bond acceptors (Lipinski definition) is 4. The van der Waals surface area contributed by atoms with Gasteiger partial charge in [-0.05, 0) is 85.4 Å². The van der Waals surface area contributed by atoms with Crippen molar-refractivity contribution in [1.82, 2.24) is 5.32 Å². The van der Waals surface area contributed by atoms with Crippen LogP contribution in [0.1, 0.15) is 87.0 Å². The van der Waals surface area contributed by atoms with Crippen molar-refractivity contribution in [2.45, 2.75) is 93.0 Å². The zero-order valence-corrected chi connectivity index (χ0v) is 24.0. The van der Waals surface area contributed by atoms with Gasteiger partial charge >= 0.3 is 0 Å². The first-order valence-corrected chi connectivity index (χ1v) is 13.4. The molecule has 1 atom stereocenters. The zero-order chi connectivity index (χ0) is 26.1. The number of rotatable bonds is 15. The van der Waals surface area contributed by atoms with Crippen LogP contribution in [0.4, 0.5) is 0 Å². The van der Waals surface area contributed by atoms with Crippen molar-refractivity contribution in [3.63, 3.8) is 0 Å². The number of aldehydes is 1. The fraction of sp³-hybridized carbons (Fsp3) is 0.630. The van der Waals surface area contributed by atoms with Gasteiger partial charge in [0.25, 0.3) is 0 Å². The third kappa shape index (κ3) is 28.6. The largest absolute Gasteiger partial charge is 0.400 e. The second kappa shape index (κ2) is 26.9. The van der Waals surface area contributed by atoms with Gasteiger partial charge in [-0.25, -0.2) is 0 Å². The summed E-state index contributed by atoms with van der Waals surface area (Å²) in [6, 6.07) is -0.304. The SMILES string of the molecule is CC.CC(C)=CCC/C(C)=C/CC/C(C)=C/CC/C(C)=C/CSCC(C=O)NC(N)=S.CO. The fourth-order valence-electron chi connectivity index (χ4n) is 2.68. The average molecular weight is 499 g/mol. The van der Waals surface area contributed by atoms with Gasteiger partial charge in [0.15, 0.2) is 5.11 Å². The molecule has 192 valence electrons. The summed E-state index contributed by atoms with van der Waals surface area (Å²) in [5.74, 6) is 1.57. The van der Waals surface area contributed by atoms with Crippen LogP contribution in [-0.2, 0) is 4.79 Å². The van der Waals surface area contributed by atoms with E-state index in [9.17, 15) is 4.79 Å². The van der Waals surface area contributed by atoms with E-state index in [2.05, 4.69) is 64.2 Å². The molecule has 0 amide bonds. The van der Waals surface area contributed by atoms with Crippen LogP contribution in [0.3, 0.4) is 0 Å². The molecule has 0 radical (unpaired) electrons. The predicted octanol–water partition coefficient (Wildman–Crippen LogP) is 6.90. The first-order valence-electron chi connectivity index (χ1n) is 11.9. The van der Waals surface area contributed by atoms with Gasteiger partial charge in [-0.2, -0.15) is 11.8 Å². The summed E-state index contributed by atoms with van der Waals surface area (Å²) in [4.78, 5) is 10.9.